The highest BCUT2D eigenvalue weighted by molar-refractivity contribution is 6.35. The molecule has 25 heavy (non-hydrogen) atoms. The fourth-order valence-electron chi connectivity index (χ4n) is 3.37. The number of rotatable bonds is 4. The number of aromatic nitrogens is 1. The topological polar surface area (TPSA) is 50.2 Å². The number of halogens is 3. The van der Waals surface area contributed by atoms with Crippen molar-refractivity contribution in [1.29, 1.82) is 0 Å². The Bertz CT molecular complexity index is 814. The highest BCUT2D eigenvalue weighted by Crippen LogP contribution is 2.44. The lowest BCUT2D eigenvalue weighted by molar-refractivity contribution is -0.133. The third kappa shape index (κ3) is 3.43. The highest BCUT2D eigenvalue weighted by atomic mass is 35.5. The standard InChI is InChI=1S/C19H18Cl2FNO2/c1-11(13-5-4-12(20)10-15(13)21)9-17(25)19(22)7-6-16(24)18-14(19)3-2-8-23-18/h2-5,8,10-11,16,24H,6-7,9H2,1H3/t11-,16+,19+/m1/s1. The third-order valence-corrected chi connectivity index (χ3v) is 5.33. The quantitative estimate of drug-likeness (QED) is 0.796. The number of ketones is 1. The number of aliphatic hydroxyl groups is 1. The van der Waals surface area contributed by atoms with Crippen LogP contribution < -0.4 is 0 Å². The minimum atomic E-state index is -2.13. The highest BCUT2D eigenvalue weighted by Gasteiger charge is 2.46. The zero-order chi connectivity index (χ0) is 18.2. The van der Waals surface area contributed by atoms with Gasteiger partial charge in [0.15, 0.2) is 11.5 Å². The van der Waals surface area contributed by atoms with Crippen LogP contribution in [0.25, 0.3) is 0 Å². The maximum Gasteiger partial charge on any atom is 0.195 e. The van der Waals surface area contributed by atoms with Gasteiger partial charge in [-0.05, 0) is 42.5 Å². The van der Waals surface area contributed by atoms with Crippen molar-refractivity contribution in [3.05, 3.63) is 63.4 Å². The molecule has 3 atom stereocenters. The number of Topliss-reactive ketones (excluding diaryl/α,β-unsaturated/α-hetero) is 1. The van der Waals surface area contributed by atoms with Crippen LogP contribution in [0, 0.1) is 0 Å². The van der Waals surface area contributed by atoms with Gasteiger partial charge in [-0.15, -0.1) is 0 Å². The van der Waals surface area contributed by atoms with Crippen molar-refractivity contribution in [3.8, 4) is 0 Å². The van der Waals surface area contributed by atoms with E-state index >= 15 is 4.39 Å². The predicted octanol–water partition coefficient (Wildman–Crippen LogP) is 5.14. The molecule has 2 aromatic rings. The molecule has 0 saturated heterocycles. The van der Waals surface area contributed by atoms with Gasteiger partial charge in [-0.1, -0.05) is 42.3 Å². The Hall–Kier alpha value is -1.49. The summed E-state index contributed by atoms with van der Waals surface area (Å²) >= 11 is 12.1. The summed E-state index contributed by atoms with van der Waals surface area (Å²) < 4.78 is 15.6. The molecule has 0 amide bonds. The SMILES string of the molecule is C[C@H](CC(=O)[C@]1(F)CC[C@H](O)c2ncccc21)c1ccc(Cl)cc1Cl. The first-order valence-electron chi connectivity index (χ1n) is 8.13. The van der Waals surface area contributed by atoms with Gasteiger partial charge in [0.2, 0.25) is 0 Å². The Labute approximate surface area is 155 Å². The van der Waals surface area contributed by atoms with Crippen molar-refractivity contribution < 1.29 is 14.3 Å². The van der Waals surface area contributed by atoms with E-state index in [-0.39, 0.29) is 36.4 Å². The van der Waals surface area contributed by atoms with Gasteiger partial charge in [0, 0.05) is 28.2 Å². The zero-order valence-electron chi connectivity index (χ0n) is 13.7. The second-order valence-corrected chi connectivity index (χ2v) is 7.33. The number of pyridine rings is 1. The summed E-state index contributed by atoms with van der Waals surface area (Å²) in [5.74, 6) is -0.774. The van der Waals surface area contributed by atoms with Crippen molar-refractivity contribution in [3.63, 3.8) is 0 Å². The number of benzene rings is 1. The molecule has 1 aromatic carbocycles. The number of carbonyl (C=O) groups excluding carboxylic acids is 1. The lowest BCUT2D eigenvalue weighted by atomic mass is 9.76. The molecule has 6 heteroatoms. The minimum Gasteiger partial charge on any atom is -0.387 e. The Balaban J connectivity index is 1.87. The summed E-state index contributed by atoms with van der Waals surface area (Å²) in [4.78, 5) is 16.9. The molecule has 132 valence electrons. The second-order valence-electron chi connectivity index (χ2n) is 6.49. The predicted molar refractivity (Wildman–Crippen MR) is 95.7 cm³/mol. The number of hydrogen-bond donors (Lipinski definition) is 1. The average molecular weight is 382 g/mol. The first-order valence-corrected chi connectivity index (χ1v) is 8.89. The summed E-state index contributed by atoms with van der Waals surface area (Å²) in [6.45, 7) is 1.83. The van der Waals surface area contributed by atoms with Gasteiger partial charge in [0.05, 0.1) is 11.8 Å². The van der Waals surface area contributed by atoms with Crippen LogP contribution in [-0.2, 0) is 10.5 Å². The minimum absolute atomic E-state index is 0.00226. The Morgan fingerprint density at radius 1 is 1.44 bits per heavy atom. The molecule has 1 aliphatic carbocycles. The molecular weight excluding hydrogens is 364 g/mol. The van der Waals surface area contributed by atoms with Crippen molar-refractivity contribution in [2.45, 2.75) is 43.9 Å². The van der Waals surface area contributed by atoms with Gasteiger partial charge in [-0.25, -0.2) is 4.39 Å². The van der Waals surface area contributed by atoms with E-state index in [0.717, 1.165) is 5.56 Å². The molecule has 3 nitrogen and oxygen atoms in total. The van der Waals surface area contributed by atoms with Gasteiger partial charge in [0.25, 0.3) is 0 Å². The van der Waals surface area contributed by atoms with Crippen molar-refractivity contribution in [1.82, 2.24) is 4.98 Å². The molecule has 1 aromatic heterocycles. The molecule has 0 aliphatic heterocycles. The lowest BCUT2D eigenvalue weighted by Gasteiger charge is -2.33. The number of alkyl halides is 1. The fraction of sp³-hybridized carbons (Fsp3) is 0.368. The molecular formula is C19H18Cl2FNO2. The smallest absolute Gasteiger partial charge is 0.195 e. The third-order valence-electron chi connectivity index (χ3n) is 4.77. The van der Waals surface area contributed by atoms with Crippen LogP contribution in [0.4, 0.5) is 4.39 Å². The van der Waals surface area contributed by atoms with E-state index in [1.807, 2.05) is 6.92 Å². The number of aliphatic hydroxyl groups excluding tert-OH is 1. The monoisotopic (exact) mass is 381 g/mol. The molecule has 0 fully saturated rings. The molecule has 0 unspecified atom stereocenters. The van der Waals surface area contributed by atoms with E-state index in [9.17, 15) is 9.90 Å². The Morgan fingerprint density at radius 3 is 2.92 bits per heavy atom. The molecule has 0 bridgehead atoms. The van der Waals surface area contributed by atoms with E-state index in [2.05, 4.69) is 4.98 Å². The van der Waals surface area contributed by atoms with Crippen LogP contribution in [0.15, 0.2) is 36.5 Å². The first kappa shape index (κ1) is 18.3. The Morgan fingerprint density at radius 2 is 2.20 bits per heavy atom. The van der Waals surface area contributed by atoms with Crippen LogP contribution in [0.1, 0.15) is 55.0 Å². The van der Waals surface area contributed by atoms with Gasteiger partial charge < -0.3 is 5.11 Å². The van der Waals surface area contributed by atoms with Crippen molar-refractivity contribution >= 4 is 29.0 Å². The van der Waals surface area contributed by atoms with E-state index in [1.165, 1.54) is 12.3 Å². The van der Waals surface area contributed by atoms with Crippen molar-refractivity contribution in [2.75, 3.05) is 0 Å². The molecule has 1 N–H and O–H groups in total. The summed E-state index contributed by atoms with van der Waals surface area (Å²) in [7, 11) is 0. The molecule has 0 radical (unpaired) electrons. The summed E-state index contributed by atoms with van der Waals surface area (Å²) in [6.07, 6.45) is 0.780. The fourth-order valence-corrected chi connectivity index (χ4v) is 3.96. The average Bonchev–Trinajstić information content (AvgIpc) is 2.58. The summed E-state index contributed by atoms with van der Waals surface area (Å²) in [5.41, 5.74) is -0.948. The Kier molecular flexibility index (Phi) is 5.14. The molecule has 1 heterocycles. The van der Waals surface area contributed by atoms with E-state index in [4.69, 9.17) is 23.2 Å². The number of hydrogen-bond acceptors (Lipinski definition) is 3. The van der Waals surface area contributed by atoms with E-state index in [0.29, 0.717) is 10.0 Å². The number of nitrogens with zero attached hydrogens (tertiary/aromatic N) is 1. The van der Waals surface area contributed by atoms with Gasteiger partial charge in [-0.3, -0.25) is 9.78 Å². The van der Waals surface area contributed by atoms with Crippen LogP contribution in [0.2, 0.25) is 10.0 Å². The maximum atomic E-state index is 15.6. The molecule has 0 spiro atoms. The lowest BCUT2D eigenvalue weighted by Crippen LogP contribution is -2.37. The van der Waals surface area contributed by atoms with Crippen LogP contribution in [-0.4, -0.2) is 15.9 Å². The summed E-state index contributed by atoms with van der Waals surface area (Å²) in [5, 5.41) is 11.0. The molecule has 3 rings (SSSR count). The normalized spacial score (nSPS) is 23.8. The van der Waals surface area contributed by atoms with Crippen molar-refractivity contribution in [2.24, 2.45) is 0 Å². The zero-order valence-corrected chi connectivity index (χ0v) is 15.2. The van der Waals surface area contributed by atoms with E-state index < -0.39 is 17.6 Å². The van der Waals surface area contributed by atoms with Crippen LogP contribution >= 0.6 is 23.2 Å². The number of carbonyl (C=O) groups is 1. The largest absolute Gasteiger partial charge is 0.387 e. The van der Waals surface area contributed by atoms with Gasteiger partial charge in [-0.2, -0.15) is 0 Å². The maximum absolute atomic E-state index is 15.6. The molecule has 0 saturated carbocycles. The van der Waals surface area contributed by atoms with Gasteiger partial charge in [0.1, 0.15) is 0 Å². The second kappa shape index (κ2) is 7.02. The molecule has 1 aliphatic rings. The van der Waals surface area contributed by atoms with E-state index in [1.54, 1.807) is 24.3 Å². The van der Waals surface area contributed by atoms with Gasteiger partial charge >= 0.3 is 0 Å². The summed E-state index contributed by atoms with van der Waals surface area (Å²) in [6, 6.07) is 8.18. The number of fused-ring (bicyclic) bond motifs is 1. The first-order chi connectivity index (χ1) is 11.8. The van der Waals surface area contributed by atoms with Crippen LogP contribution in [0.5, 0.6) is 0 Å². The van der Waals surface area contributed by atoms with Crippen LogP contribution in [0.3, 0.4) is 0 Å².